The standard InChI is InChI=1S/C12H18ClN/c1-11(13)6-5-9-14-10-12-7-3-2-4-8-12/h2-4,7-8,11,14H,5-6,9-10H2,1H3. The third-order valence-corrected chi connectivity index (χ3v) is 2.35. The zero-order chi connectivity index (χ0) is 10.2. The molecule has 0 saturated heterocycles. The van der Waals surface area contributed by atoms with Crippen LogP contribution in [0.25, 0.3) is 0 Å². The number of benzene rings is 1. The predicted molar refractivity (Wildman–Crippen MR) is 62.7 cm³/mol. The van der Waals surface area contributed by atoms with Crippen molar-refractivity contribution in [3.8, 4) is 0 Å². The molecular formula is C12H18ClN. The molecule has 0 radical (unpaired) electrons. The SMILES string of the molecule is CC(Cl)CCCNCc1ccccc1. The Balaban J connectivity index is 2.05. The third kappa shape index (κ3) is 5.25. The fourth-order valence-corrected chi connectivity index (χ4v) is 1.49. The van der Waals surface area contributed by atoms with Crippen molar-refractivity contribution in [3.05, 3.63) is 35.9 Å². The van der Waals surface area contributed by atoms with Crippen molar-refractivity contribution in [3.63, 3.8) is 0 Å². The number of hydrogen-bond acceptors (Lipinski definition) is 1. The molecule has 2 heteroatoms. The highest BCUT2D eigenvalue weighted by Crippen LogP contribution is 2.03. The van der Waals surface area contributed by atoms with E-state index in [0.717, 1.165) is 25.9 Å². The van der Waals surface area contributed by atoms with Gasteiger partial charge in [-0.25, -0.2) is 0 Å². The van der Waals surface area contributed by atoms with E-state index in [-0.39, 0.29) is 0 Å². The minimum Gasteiger partial charge on any atom is -0.313 e. The molecule has 0 aliphatic carbocycles. The highest BCUT2D eigenvalue weighted by Gasteiger charge is 1.95. The van der Waals surface area contributed by atoms with E-state index in [0.29, 0.717) is 5.38 Å². The average molecular weight is 212 g/mol. The summed E-state index contributed by atoms with van der Waals surface area (Å²) >= 11 is 5.85. The van der Waals surface area contributed by atoms with Crippen LogP contribution in [0.3, 0.4) is 0 Å². The first kappa shape index (κ1) is 11.5. The van der Waals surface area contributed by atoms with E-state index in [1.165, 1.54) is 5.56 Å². The van der Waals surface area contributed by atoms with Gasteiger partial charge in [0.15, 0.2) is 0 Å². The molecule has 1 rings (SSSR count). The van der Waals surface area contributed by atoms with Crippen LogP contribution >= 0.6 is 11.6 Å². The van der Waals surface area contributed by atoms with Crippen molar-refractivity contribution in [2.45, 2.75) is 31.7 Å². The summed E-state index contributed by atoms with van der Waals surface area (Å²) in [6.45, 7) is 4.04. The van der Waals surface area contributed by atoms with Crippen LogP contribution in [-0.2, 0) is 6.54 Å². The Labute approximate surface area is 91.5 Å². The summed E-state index contributed by atoms with van der Waals surface area (Å²) in [6, 6.07) is 10.4. The summed E-state index contributed by atoms with van der Waals surface area (Å²) in [6.07, 6.45) is 2.24. The molecule has 1 N–H and O–H groups in total. The third-order valence-electron chi connectivity index (χ3n) is 2.13. The van der Waals surface area contributed by atoms with Gasteiger partial charge in [0, 0.05) is 11.9 Å². The Morgan fingerprint density at radius 3 is 2.64 bits per heavy atom. The summed E-state index contributed by atoms with van der Waals surface area (Å²) in [5, 5.41) is 3.70. The molecule has 0 spiro atoms. The van der Waals surface area contributed by atoms with Gasteiger partial charge >= 0.3 is 0 Å². The van der Waals surface area contributed by atoms with Crippen molar-refractivity contribution in [1.82, 2.24) is 5.32 Å². The molecule has 1 unspecified atom stereocenters. The molecule has 0 aromatic heterocycles. The van der Waals surface area contributed by atoms with Gasteiger partial charge in [-0.1, -0.05) is 30.3 Å². The van der Waals surface area contributed by atoms with Crippen LogP contribution in [0.1, 0.15) is 25.3 Å². The van der Waals surface area contributed by atoms with Crippen molar-refractivity contribution >= 4 is 11.6 Å². The Hall–Kier alpha value is -0.530. The molecule has 1 nitrogen and oxygen atoms in total. The summed E-state index contributed by atoms with van der Waals surface area (Å²) in [7, 11) is 0. The summed E-state index contributed by atoms with van der Waals surface area (Å²) < 4.78 is 0. The lowest BCUT2D eigenvalue weighted by Crippen LogP contribution is -2.15. The van der Waals surface area contributed by atoms with E-state index in [4.69, 9.17) is 11.6 Å². The van der Waals surface area contributed by atoms with Gasteiger partial charge in [0.25, 0.3) is 0 Å². The van der Waals surface area contributed by atoms with Gasteiger partial charge in [-0.3, -0.25) is 0 Å². The lowest BCUT2D eigenvalue weighted by atomic mass is 10.2. The average Bonchev–Trinajstić information content (AvgIpc) is 2.18. The van der Waals surface area contributed by atoms with Crippen molar-refractivity contribution < 1.29 is 0 Å². The lowest BCUT2D eigenvalue weighted by molar-refractivity contribution is 0.619. The van der Waals surface area contributed by atoms with Gasteiger partial charge in [0.1, 0.15) is 0 Å². The minimum absolute atomic E-state index is 0.300. The monoisotopic (exact) mass is 211 g/mol. The molecule has 1 aromatic carbocycles. The Morgan fingerprint density at radius 2 is 2.00 bits per heavy atom. The van der Waals surface area contributed by atoms with Gasteiger partial charge < -0.3 is 5.32 Å². The molecule has 0 saturated carbocycles. The van der Waals surface area contributed by atoms with Gasteiger partial charge in [0.05, 0.1) is 0 Å². The van der Waals surface area contributed by atoms with Crippen molar-refractivity contribution in [1.29, 1.82) is 0 Å². The first-order valence-corrected chi connectivity index (χ1v) is 5.61. The topological polar surface area (TPSA) is 12.0 Å². The maximum absolute atomic E-state index is 5.85. The van der Waals surface area contributed by atoms with Crippen LogP contribution in [0.2, 0.25) is 0 Å². The first-order valence-electron chi connectivity index (χ1n) is 5.18. The van der Waals surface area contributed by atoms with Crippen LogP contribution in [0.4, 0.5) is 0 Å². The van der Waals surface area contributed by atoms with Gasteiger partial charge in [-0.2, -0.15) is 0 Å². The fourth-order valence-electron chi connectivity index (χ4n) is 1.34. The predicted octanol–water partition coefficient (Wildman–Crippen LogP) is 3.18. The molecular weight excluding hydrogens is 194 g/mol. The number of halogens is 1. The lowest BCUT2D eigenvalue weighted by Gasteiger charge is -2.05. The summed E-state index contributed by atoms with van der Waals surface area (Å²) in [4.78, 5) is 0. The molecule has 0 aliphatic heterocycles. The maximum atomic E-state index is 5.85. The number of alkyl halides is 1. The second kappa shape index (κ2) is 6.86. The Morgan fingerprint density at radius 1 is 1.29 bits per heavy atom. The molecule has 1 atom stereocenters. The number of nitrogens with one attached hydrogen (secondary N) is 1. The summed E-state index contributed by atoms with van der Waals surface area (Å²) in [5.74, 6) is 0. The van der Waals surface area contributed by atoms with Crippen LogP contribution in [0.15, 0.2) is 30.3 Å². The normalized spacial score (nSPS) is 12.7. The van der Waals surface area contributed by atoms with E-state index < -0.39 is 0 Å². The Bertz CT molecular complexity index is 233. The quantitative estimate of drug-likeness (QED) is 0.563. The van der Waals surface area contributed by atoms with E-state index in [1.54, 1.807) is 0 Å². The van der Waals surface area contributed by atoms with Crippen LogP contribution < -0.4 is 5.32 Å². The minimum atomic E-state index is 0.300. The van der Waals surface area contributed by atoms with Crippen molar-refractivity contribution in [2.75, 3.05) is 6.54 Å². The second-order valence-electron chi connectivity index (χ2n) is 3.59. The number of rotatable bonds is 6. The molecule has 0 bridgehead atoms. The second-order valence-corrected chi connectivity index (χ2v) is 4.33. The van der Waals surface area contributed by atoms with Crippen LogP contribution in [-0.4, -0.2) is 11.9 Å². The zero-order valence-corrected chi connectivity index (χ0v) is 9.43. The zero-order valence-electron chi connectivity index (χ0n) is 8.67. The first-order chi connectivity index (χ1) is 6.79. The van der Waals surface area contributed by atoms with E-state index >= 15 is 0 Å². The van der Waals surface area contributed by atoms with Crippen LogP contribution in [0, 0.1) is 0 Å². The highest BCUT2D eigenvalue weighted by molar-refractivity contribution is 6.20. The number of hydrogen-bond donors (Lipinski definition) is 1. The largest absolute Gasteiger partial charge is 0.313 e. The maximum Gasteiger partial charge on any atom is 0.0308 e. The van der Waals surface area contributed by atoms with Crippen molar-refractivity contribution in [2.24, 2.45) is 0 Å². The molecule has 0 fully saturated rings. The smallest absolute Gasteiger partial charge is 0.0308 e. The van der Waals surface area contributed by atoms with Gasteiger partial charge in [0.2, 0.25) is 0 Å². The molecule has 0 aliphatic rings. The van der Waals surface area contributed by atoms with E-state index in [2.05, 4.69) is 29.6 Å². The molecule has 78 valence electrons. The van der Waals surface area contributed by atoms with Gasteiger partial charge in [-0.05, 0) is 31.9 Å². The molecule has 0 amide bonds. The van der Waals surface area contributed by atoms with Gasteiger partial charge in [-0.15, -0.1) is 11.6 Å². The van der Waals surface area contributed by atoms with E-state index in [9.17, 15) is 0 Å². The fraction of sp³-hybridized carbons (Fsp3) is 0.500. The Kier molecular flexibility index (Phi) is 5.65. The highest BCUT2D eigenvalue weighted by atomic mass is 35.5. The molecule has 1 aromatic rings. The van der Waals surface area contributed by atoms with E-state index in [1.807, 2.05) is 13.0 Å². The van der Waals surface area contributed by atoms with Crippen LogP contribution in [0.5, 0.6) is 0 Å². The molecule has 0 heterocycles. The summed E-state index contributed by atoms with van der Waals surface area (Å²) in [5.41, 5.74) is 1.34. The molecule has 14 heavy (non-hydrogen) atoms.